The third-order valence-corrected chi connectivity index (χ3v) is 18.7. The smallest absolute Gasteiger partial charge is 0.143 e. The van der Waals surface area contributed by atoms with Crippen LogP contribution >= 0.6 is 0 Å². The summed E-state index contributed by atoms with van der Waals surface area (Å²) in [6, 6.07) is 51.1. The van der Waals surface area contributed by atoms with Gasteiger partial charge in [0.2, 0.25) is 0 Å². The highest BCUT2D eigenvalue weighted by Crippen LogP contribution is 2.41. The topological polar surface area (TPSA) is 42.7 Å². The molecule has 0 spiro atoms. The second kappa shape index (κ2) is 18.5. The fraction of sp³-hybridized carbons (Fsp3) is 0. The summed E-state index contributed by atoms with van der Waals surface area (Å²) in [5.74, 6) is 0. The van der Waals surface area contributed by atoms with Crippen LogP contribution in [0.3, 0.4) is 0 Å². The van der Waals surface area contributed by atoms with Gasteiger partial charge in [0.15, 0.2) is 0 Å². The van der Waals surface area contributed by atoms with Crippen LogP contribution in [-0.4, -0.2) is 110 Å². The standard InChI is InChI=1S/C60H51B14NO3/c61-43-37(39-41-45(63)47(65)51(69)55(73)59(41)77-57(39)53(71)49(43)67)25-10-17-31(18-11-25)75(30-15-8-24(9-16-30)27-4-3-5-28(22-27)29-14-21-36-34(23-29)33-6-1-2-7-35(33)76-36)32-19-12-26(13-20-32)38-40-42-46(64)48(66)52(70)56(74)60(42)78-58(40)54(72)50(68)44(38)62/h1-23H,61-74H2. The van der Waals surface area contributed by atoms with E-state index < -0.39 is 0 Å². The molecule has 0 aliphatic heterocycles. The first-order chi connectivity index (χ1) is 37.5. The van der Waals surface area contributed by atoms with E-state index in [4.69, 9.17) is 13.3 Å². The zero-order valence-electron chi connectivity index (χ0n) is 47.5. The molecule has 3 aromatic heterocycles. The second-order valence-corrected chi connectivity index (χ2v) is 22.4. The van der Waals surface area contributed by atoms with Gasteiger partial charge in [-0.15, -0.1) is 10.9 Å². The summed E-state index contributed by atoms with van der Waals surface area (Å²) < 4.78 is 20.0. The van der Waals surface area contributed by atoms with Crippen molar-refractivity contribution in [1.29, 1.82) is 0 Å². The highest BCUT2D eigenvalue weighted by atomic mass is 16.3. The van der Waals surface area contributed by atoms with Crippen LogP contribution in [0.25, 0.3) is 110 Å². The molecule has 0 saturated heterocycles. The Morgan fingerprint density at radius 2 is 0.603 bits per heavy atom. The molecule has 0 bridgehead atoms. The third-order valence-electron chi connectivity index (χ3n) is 18.7. The summed E-state index contributed by atoms with van der Waals surface area (Å²) >= 11 is 0. The molecule has 0 aliphatic rings. The van der Waals surface area contributed by atoms with Gasteiger partial charge >= 0.3 is 0 Å². The van der Waals surface area contributed by atoms with Crippen molar-refractivity contribution in [2.24, 2.45) is 0 Å². The van der Waals surface area contributed by atoms with Crippen LogP contribution in [0.15, 0.2) is 153 Å². The van der Waals surface area contributed by atoms with Crippen LogP contribution < -0.4 is 81.4 Å². The van der Waals surface area contributed by atoms with E-state index in [9.17, 15) is 0 Å². The summed E-state index contributed by atoms with van der Waals surface area (Å²) in [6.07, 6.45) is 0. The van der Waals surface area contributed by atoms with Crippen molar-refractivity contribution in [2.75, 3.05) is 4.90 Å². The van der Waals surface area contributed by atoms with Crippen molar-refractivity contribution in [3.63, 3.8) is 0 Å². The molecule has 0 saturated carbocycles. The first kappa shape index (κ1) is 49.9. The summed E-state index contributed by atoms with van der Waals surface area (Å²) in [6.45, 7) is 0. The van der Waals surface area contributed by atoms with Crippen LogP contribution in [-0.2, 0) is 0 Å². The second-order valence-electron chi connectivity index (χ2n) is 22.4. The number of para-hydroxylation sites is 1. The molecule has 10 aromatic carbocycles. The highest BCUT2D eigenvalue weighted by molar-refractivity contribution is 6.70. The minimum Gasteiger partial charge on any atom is -0.457 e. The fourth-order valence-electron chi connectivity index (χ4n) is 12.9. The molecule has 0 unspecified atom stereocenters. The Balaban J connectivity index is 0.944. The molecule has 13 rings (SSSR count). The van der Waals surface area contributed by atoms with Crippen molar-refractivity contribution in [1.82, 2.24) is 0 Å². The van der Waals surface area contributed by atoms with Gasteiger partial charge in [-0.25, -0.2) is 0 Å². The Hall–Kier alpha value is -7.69. The SMILES string of the molecule is Bc1c(B)c(B)c2c(oc3c(B)c(B)c(B)c(-c4ccc(N(c5ccc(-c6cccc(-c7ccc8oc9ccccc9c8c7)c6)cc5)c5ccc(-c6c(B)c(B)c(B)c7oc8c(B)c(B)c(B)c(B)c8c67)cc5)cc4)c32)c1B. The van der Waals surface area contributed by atoms with Crippen LogP contribution in [0.4, 0.5) is 17.1 Å². The van der Waals surface area contributed by atoms with E-state index in [1.165, 1.54) is 120 Å². The number of hydrogen-bond acceptors (Lipinski definition) is 4. The average Bonchev–Trinajstić information content (AvgIpc) is 4.35. The maximum Gasteiger partial charge on any atom is 0.143 e. The van der Waals surface area contributed by atoms with Gasteiger partial charge < -0.3 is 18.2 Å². The summed E-state index contributed by atoms with van der Waals surface area (Å²) in [5, 5.41) is 7.14. The Morgan fingerprint density at radius 1 is 0.244 bits per heavy atom. The number of hydrogen-bond donors (Lipinski definition) is 0. The van der Waals surface area contributed by atoms with Gasteiger partial charge in [-0.05, 0) is 105 Å². The predicted molar refractivity (Wildman–Crippen MR) is 379 cm³/mol. The predicted octanol–water partition coefficient (Wildman–Crippen LogP) is -6.86. The largest absolute Gasteiger partial charge is 0.457 e. The number of rotatable bonds is 7. The molecule has 3 heterocycles. The van der Waals surface area contributed by atoms with E-state index >= 15 is 0 Å². The number of fused-ring (bicyclic) bond motifs is 9. The molecule has 356 valence electrons. The first-order valence-corrected chi connectivity index (χ1v) is 27.5. The van der Waals surface area contributed by atoms with E-state index in [2.05, 4.69) is 242 Å². The Kier molecular flexibility index (Phi) is 11.8. The van der Waals surface area contributed by atoms with E-state index in [0.717, 1.165) is 83.6 Å². The van der Waals surface area contributed by atoms with E-state index in [1.807, 2.05) is 12.1 Å². The molecule has 13 aromatic rings. The van der Waals surface area contributed by atoms with Gasteiger partial charge in [0.25, 0.3) is 0 Å². The lowest BCUT2D eigenvalue weighted by molar-refractivity contribution is 0.669. The Bertz CT molecular complexity index is 4520. The van der Waals surface area contributed by atoms with Gasteiger partial charge in [-0.1, -0.05) is 144 Å². The van der Waals surface area contributed by atoms with Gasteiger partial charge in [0.1, 0.15) is 143 Å². The normalized spacial score (nSPS) is 11.8. The quantitative estimate of drug-likeness (QED) is 0.149. The monoisotopic (exact) mass is 988 g/mol. The van der Waals surface area contributed by atoms with Crippen molar-refractivity contribution in [2.45, 2.75) is 0 Å². The van der Waals surface area contributed by atoms with Gasteiger partial charge in [0, 0.05) is 49.4 Å². The molecule has 0 amide bonds. The Morgan fingerprint density at radius 3 is 1.08 bits per heavy atom. The minimum absolute atomic E-state index is 0.902. The number of nitrogens with zero attached hydrogens (tertiary/aromatic N) is 1. The molecule has 0 radical (unpaired) electrons. The maximum absolute atomic E-state index is 6.91. The highest BCUT2D eigenvalue weighted by Gasteiger charge is 2.26. The lowest BCUT2D eigenvalue weighted by Gasteiger charge is -2.27. The number of benzene rings is 10. The first-order valence-electron chi connectivity index (χ1n) is 27.5. The summed E-state index contributed by atoms with van der Waals surface area (Å²) in [7, 11) is 31.3. The maximum atomic E-state index is 6.91. The van der Waals surface area contributed by atoms with Crippen LogP contribution in [0, 0.1) is 0 Å². The van der Waals surface area contributed by atoms with Crippen molar-refractivity contribution in [3.05, 3.63) is 140 Å². The zero-order chi connectivity index (χ0) is 54.3. The van der Waals surface area contributed by atoms with Gasteiger partial charge in [0.05, 0.1) is 0 Å². The summed E-state index contributed by atoms with van der Waals surface area (Å²) in [4.78, 5) is 2.39. The van der Waals surface area contributed by atoms with E-state index in [-0.39, 0.29) is 0 Å². The molecule has 78 heavy (non-hydrogen) atoms. The summed E-state index contributed by atoms with van der Waals surface area (Å²) in [5.41, 5.74) is 36.2. The Labute approximate surface area is 468 Å². The zero-order valence-corrected chi connectivity index (χ0v) is 47.5. The van der Waals surface area contributed by atoms with Crippen molar-refractivity contribution in [3.8, 4) is 44.5 Å². The third kappa shape index (κ3) is 7.41. The van der Waals surface area contributed by atoms with E-state index in [1.54, 1.807) is 0 Å². The minimum atomic E-state index is 0.902. The molecule has 0 aliphatic carbocycles. The van der Waals surface area contributed by atoms with Gasteiger partial charge in [-0.2, -0.15) is 0 Å². The van der Waals surface area contributed by atoms with Crippen LogP contribution in [0.5, 0.6) is 0 Å². The van der Waals surface area contributed by atoms with Crippen molar-refractivity contribution < 1.29 is 13.3 Å². The van der Waals surface area contributed by atoms with E-state index in [0.29, 0.717) is 0 Å². The molecular weight excluding hydrogens is 934 g/mol. The molecule has 0 fully saturated rings. The molecular formula is C60H51B14NO3. The lowest BCUT2D eigenvalue weighted by Crippen LogP contribution is -2.47. The molecule has 4 nitrogen and oxygen atoms in total. The van der Waals surface area contributed by atoms with Crippen LogP contribution in [0.1, 0.15) is 0 Å². The molecule has 0 atom stereocenters. The fourth-order valence-corrected chi connectivity index (χ4v) is 12.9. The lowest BCUT2D eigenvalue weighted by atomic mass is 9.64. The molecule has 0 N–H and O–H groups in total. The average molecular weight is 985 g/mol. The molecule has 18 heteroatoms. The number of anilines is 3. The van der Waals surface area contributed by atoms with Gasteiger partial charge in [-0.3, -0.25) is 0 Å². The van der Waals surface area contributed by atoms with Crippen molar-refractivity contribution >= 4 is 269 Å². The van der Waals surface area contributed by atoms with Crippen LogP contribution in [0.2, 0.25) is 0 Å². The number of furan rings is 3.